The Hall–Kier alpha value is -0.610. The Morgan fingerprint density at radius 2 is 1.91 bits per heavy atom. The first-order valence-electron chi connectivity index (χ1n) is 9.21. The van der Waals surface area contributed by atoms with Crippen LogP contribution >= 0.6 is 0 Å². The first-order chi connectivity index (χ1) is 10.8. The third-order valence-electron chi connectivity index (χ3n) is 7.73. The first kappa shape index (κ1) is 17.2. The molecule has 6 atom stereocenters. The summed E-state index contributed by atoms with van der Waals surface area (Å²) in [5, 5.41) is 20.0. The maximum Gasteiger partial charge on any atom is 0.311 e. The molecule has 0 aliphatic heterocycles. The number of fused-ring (bicyclic) bond motifs is 3. The lowest BCUT2D eigenvalue weighted by Gasteiger charge is -2.61. The van der Waals surface area contributed by atoms with E-state index in [4.69, 9.17) is 4.74 Å². The molecule has 0 aromatic rings. The lowest BCUT2D eigenvalue weighted by Crippen LogP contribution is -2.57. The van der Waals surface area contributed by atoms with Crippen LogP contribution in [0.15, 0.2) is 0 Å². The van der Waals surface area contributed by atoms with Crippen molar-refractivity contribution in [3.8, 4) is 0 Å². The van der Waals surface area contributed by atoms with Crippen molar-refractivity contribution in [2.45, 2.75) is 70.8 Å². The average Bonchev–Trinajstić information content (AvgIpc) is 2.53. The van der Waals surface area contributed by atoms with E-state index in [1.165, 1.54) is 13.5 Å². The lowest BCUT2D eigenvalue weighted by molar-refractivity contribution is -0.183. The quantitative estimate of drug-likeness (QED) is 0.767. The molecule has 3 aliphatic rings. The Bertz CT molecular complexity index is 478. The van der Waals surface area contributed by atoms with Gasteiger partial charge in [-0.15, -0.1) is 0 Å². The van der Waals surface area contributed by atoms with Gasteiger partial charge in [0, 0.05) is 0 Å². The molecule has 4 nitrogen and oxygen atoms in total. The van der Waals surface area contributed by atoms with Crippen molar-refractivity contribution in [3.05, 3.63) is 0 Å². The Morgan fingerprint density at radius 3 is 2.57 bits per heavy atom. The molecule has 0 radical (unpaired) electrons. The highest BCUT2D eigenvalue weighted by atomic mass is 16.5. The van der Waals surface area contributed by atoms with Crippen molar-refractivity contribution in [3.63, 3.8) is 0 Å². The molecule has 3 aliphatic carbocycles. The molecular formula is C19H32O4. The minimum absolute atomic E-state index is 0.0467. The van der Waals surface area contributed by atoms with Gasteiger partial charge in [0.05, 0.1) is 24.7 Å². The van der Waals surface area contributed by atoms with Crippen LogP contribution in [0.3, 0.4) is 0 Å². The molecular weight excluding hydrogens is 292 g/mol. The highest BCUT2D eigenvalue weighted by Crippen LogP contribution is 2.64. The summed E-state index contributed by atoms with van der Waals surface area (Å²) in [6.07, 6.45) is 7.62. The molecule has 132 valence electrons. The second-order valence-corrected chi connectivity index (χ2v) is 8.89. The molecule has 0 saturated heterocycles. The van der Waals surface area contributed by atoms with Crippen LogP contribution < -0.4 is 0 Å². The number of aliphatic hydroxyl groups excluding tert-OH is 1. The van der Waals surface area contributed by atoms with Crippen molar-refractivity contribution in [2.24, 2.45) is 28.6 Å². The van der Waals surface area contributed by atoms with E-state index in [0.717, 1.165) is 32.1 Å². The normalized spacial score (nSPS) is 49.9. The number of carbonyl (C=O) groups excluding carboxylic acids is 1. The lowest BCUT2D eigenvalue weighted by atomic mass is 9.43. The van der Waals surface area contributed by atoms with Gasteiger partial charge in [-0.3, -0.25) is 4.79 Å². The number of esters is 1. The molecule has 0 amide bonds. The number of hydrogen-bond acceptors (Lipinski definition) is 4. The third-order valence-corrected chi connectivity index (χ3v) is 7.73. The SMILES string of the molecule is COC(=O)[C@]1(C)CCC[C@@]2(C)C3CC[C@@](O)(CO)CC3CCC21. The van der Waals surface area contributed by atoms with Gasteiger partial charge in [0.25, 0.3) is 0 Å². The summed E-state index contributed by atoms with van der Waals surface area (Å²) in [6, 6.07) is 0. The Morgan fingerprint density at radius 1 is 1.17 bits per heavy atom. The van der Waals surface area contributed by atoms with E-state index in [0.29, 0.717) is 30.6 Å². The minimum atomic E-state index is -0.884. The number of rotatable bonds is 2. The fourth-order valence-corrected chi connectivity index (χ4v) is 6.57. The van der Waals surface area contributed by atoms with Gasteiger partial charge in [0.15, 0.2) is 0 Å². The minimum Gasteiger partial charge on any atom is -0.469 e. The van der Waals surface area contributed by atoms with Crippen LogP contribution in [-0.4, -0.2) is 35.5 Å². The summed E-state index contributed by atoms with van der Waals surface area (Å²) in [5.74, 6) is 1.35. The number of methoxy groups -OCH3 is 1. The molecule has 0 bridgehead atoms. The summed E-state index contributed by atoms with van der Waals surface area (Å²) in [5.41, 5.74) is -1.09. The molecule has 23 heavy (non-hydrogen) atoms. The van der Waals surface area contributed by atoms with Crippen molar-refractivity contribution in [1.29, 1.82) is 0 Å². The van der Waals surface area contributed by atoms with Crippen molar-refractivity contribution >= 4 is 5.97 Å². The monoisotopic (exact) mass is 324 g/mol. The maximum atomic E-state index is 12.5. The van der Waals surface area contributed by atoms with Crippen LogP contribution in [0.25, 0.3) is 0 Å². The third kappa shape index (κ3) is 2.53. The molecule has 3 fully saturated rings. The summed E-state index contributed by atoms with van der Waals surface area (Å²) < 4.78 is 5.16. The number of carbonyl (C=O) groups is 1. The van der Waals surface area contributed by atoms with Crippen LogP contribution in [-0.2, 0) is 9.53 Å². The highest BCUT2D eigenvalue weighted by Gasteiger charge is 2.60. The molecule has 4 heteroatoms. The number of aliphatic hydroxyl groups is 2. The summed E-state index contributed by atoms with van der Waals surface area (Å²) >= 11 is 0. The molecule has 3 rings (SSSR count). The summed E-state index contributed by atoms with van der Waals surface area (Å²) in [6.45, 7) is 4.35. The largest absolute Gasteiger partial charge is 0.469 e. The molecule has 3 unspecified atom stereocenters. The van der Waals surface area contributed by atoms with Crippen LogP contribution in [0.4, 0.5) is 0 Å². The van der Waals surface area contributed by atoms with Crippen molar-refractivity contribution in [1.82, 2.24) is 0 Å². The van der Waals surface area contributed by atoms with Gasteiger partial charge in [-0.25, -0.2) is 0 Å². The van der Waals surface area contributed by atoms with Crippen LogP contribution in [0.1, 0.15) is 65.2 Å². The Kier molecular flexibility index (Phi) is 4.29. The average molecular weight is 324 g/mol. The fourth-order valence-electron chi connectivity index (χ4n) is 6.57. The number of hydrogen-bond donors (Lipinski definition) is 2. The van der Waals surface area contributed by atoms with E-state index in [1.54, 1.807) is 0 Å². The summed E-state index contributed by atoms with van der Waals surface area (Å²) in [4.78, 5) is 12.5. The van der Waals surface area contributed by atoms with E-state index in [-0.39, 0.29) is 23.4 Å². The van der Waals surface area contributed by atoms with E-state index in [9.17, 15) is 15.0 Å². The molecule has 0 heterocycles. The fraction of sp³-hybridized carbons (Fsp3) is 0.947. The smallest absolute Gasteiger partial charge is 0.311 e. The second-order valence-electron chi connectivity index (χ2n) is 8.89. The van der Waals surface area contributed by atoms with Gasteiger partial charge >= 0.3 is 5.97 Å². The number of ether oxygens (including phenoxy) is 1. The first-order valence-corrected chi connectivity index (χ1v) is 9.21. The van der Waals surface area contributed by atoms with E-state index in [2.05, 4.69) is 13.8 Å². The highest BCUT2D eigenvalue weighted by molar-refractivity contribution is 5.77. The zero-order valence-electron chi connectivity index (χ0n) is 14.8. The summed E-state index contributed by atoms with van der Waals surface area (Å²) in [7, 11) is 1.51. The van der Waals surface area contributed by atoms with E-state index < -0.39 is 5.60 Å². The maximum absolute atomic E-state index is 12.5. The molecule has 0 aromatic carbocycles. The van der Waals surface area contributed by atoms with Crippen LogP contribution in [0.5, 0.6) is 0 Å². The predicted octanol–water partition coefficient (Wildman–Crippen LogP) is 2.91. The van der Waals surface area contributed by atoms with Gasteiger partial charge in [0.2, 0.25) is 0 Å². The molecule has 2 N–H and O–H groups in total. The molecule has 0 spiro atoms. The Balaban J connectivity index is 1.88. The van der Waals surface area contributed by atoms with Gasteiger partial charge < -0.3 is 14.9 Å². The van der Waals surface area contributed by atoms with Crippen molar-refractivity contribution in [2.75, 3.05) is 13.7 Å². The van der Waals surface area contributed by atoms with Gasteiger partial charge in [0.1, 0.15) is 0 Å². The van der Waals surface area contributed by atoms with E-state index in [1.807, 2.05) is 0 Å². The standard InChI is InChI=1S/C19H32O4/c1-17-8-4-9-18(2,16(21)23-3)15(17)6-5-13-11-19(22,12-20)10-7-14(13)17/h13-15,20,22H,4-12H2,1-3H3/t13?,14?,15?,17-,18+,19-/m0/s1. The zero-order chi connectivity index (χ0) is 16.9. The zero-order valence-corrected chi connectivity index (χ0v) is 14.8. The van der Waals surface area contributed by atoms with Crippen LogP contribution in [0.2, 0.25) is 0 Å². The van der Waals surface area contributed by atoms with Gasteiger partial charge in [-0.05, 0) is 75.0 Å². The van der Waals surface area contributed by atoms with Crippen LogP contribution in [0, 0.1) is 28.6 Å². The topological polar surface area (TPSA) is 66.8 Å². The van der Waals surface area contributed by atoms with E-state index >= 15 is 0 Å². The molecule has 3 saturated carbocycles. The molecule has 0 aromatic heterocycles. The predicted molar refractivity (Wildman–Crippen MR) is 87.7 cm³/mol. The second kappa shape index (κ2) is 5.73. The van der Waals surface area contributed by atoms with Gasteiger partial charge in [-0.2, -0.15) is 0 Å². The van der Waals surface area contributed by atoms with Crippen molar-refractivity contribution < 1.29 is 19.7 Å². The Labute approximate surface area is 139 Å². The van der Waals surface area contributed by atoms with Gasteiger partial charge in [-0.1, -0.05) is 13.3 Å².